The van der Waals surface area contributed by atoms with Gasteiger partial charge in [0.15, 0.2) is 0 Å². The summed E-state index contributed by atoms with van der Waals surface area (Å²) in [5, 5.41) is 3.60. The smallest absolute Gasteiger partial charge is 0.139 e. The molecule has 2 aromatic heterocycles. The van der Waals surface area contributed by atoms with E-state index in [1.54, 1.807) is 11.3 Å². The second-order valence-corrected chi connectivity index (χ2v) is 4.19. The topological polar surface area (TPSA) is 12.9 Å². The van der Waals surface area contributed by atoms with E-state index in [0.29, 0.717) is 5.15 Å². The maximum Gasteiger partial charge on any atom is 0.139 e. The van der Waals surface area contributed by atoms with E-state index in [2.05, 4.69) is 20.9 Å². The van der Waals surface area contributed by atoms with Gasteiger partial charge in [-0.3, -0.25) is 0 Å². The van der Waals surface area contributed by atoms with Crippen LogP contribution in [0.25, 0.3) is 10.1 Å². The summed E-state index contributed by atoms with van der Waals surface area (Å²) < 4.78 is 1.95. The molecule has 0 fully saturated rings. The van der Waals surface area contributed by atoms with E-state index >= 15 is 0 Å². The molecule has 0 spiro atoms. The van der Waals surface area contributed by atoms with Crippen molar-refractivity contribution in [2.75, 3.05) is 0 Å². The summed E-state index contributed by atoms with van der Waals surface area (Å²) in [4.78, 5) is 4.06. The number of rotatable bonds is 0. The maximum atomic E-state index is 5.87. The summed E-state index contributed by atoms with van der Waals surface area (Å²) >= 11 is 10.8. The number of fused-ring (bicyclic) bond motifs is 1. The molecule has 0 amide bonds. The summed E-state index contributed by atoms with van der Waals surface area (Å²) in [6.45, 7) is 0. The average Bonchev–Trinajstić information content (AvgIpc) is 2.34. The van der Waals surface area contributed by atoms with Gasteiger partial charge in [0.1, 0.15) is 9.76 Å². The number of hydrogen-bond acceptors (Lipinski definition) is 2. The lowest BCUT2D eigenvalue weighted by Crippen LogP contribution is -1.75. The van der Waals surface area contributed by atoms with E-state index in [-0.39, 0.29) is 0 Å². The lowest BCUT2D eigenvalue weighted by molar-refractivity contribution is 1.31. The number of halogens is 2. The van der Waals surface area contributed by atoms with Gasteiger partial charge in [-0.2, -0.15) is 0 Å². The summed E-state index contributed by atoms with van der Waals surface area (Å²) in [7, 11) is 0. The molecule has 2 aromatic rings. The van der Waals surface area contributed by atoms with Crippen molar-refractivity contribution >= 4 is 49.0 Å². The molecule has 0 radical (unpaired) electrons. The molecule has 2 rings (SSSR count). The van der Waals surface area contributed by atoms with Crippen LogP contribution >= 0.6 is 38.9 Å². The first kappa shape index (κ1) is 7.53. The second kappa shape index (κ2) is 2.73. The number of aromatic nitrogens is 1. The summed E-state index contributed by atoms with van der Waals surface area (Å²) in [5.74, 6) is 0. The molecule has 0 unspecified atom stereocenters. The largest absolute Gasteiger partial charge is 0.228 e. The van der Waals surface area contributed by atoms with Crippen LogP contribution in [0.2, 0.25) is 5.15 Å². The molecule has 4 heteroatoms. The van der Waals surface area contributed by atoms with Gasteiger partial charge in [0, 0.05) is 10.1 Å². The van der Waals surface area contributed by atoms with Gasteiger partial charge in [-0.05, 0) is 33.4 Å². The normalized spacial score (nSPS) is 10.7. The lowest BCUT2D eigenvalue weighted by atomic mass is 10.3. The van der Waals surface area contributed by atoms with E-state index < -0.39 is 0 Å². The zero-order valence-corrected chi connectivity index (χ0v) is 8.50. The van der Waals surface area contributed by atoms with Gasteiger partial charge < -0.3 is 0 Å². The molecule has 0 saturated heterocycles. The quantitative estimate of drug-likeness (QED) is 0.648. The molecule has 56 valence electrons. The zero-order valence-electron chi connectivity index (χ0n) is 5.34. The summed E-state index contributed by atoms with van der Waals surface area (Å²) in [6.07, 6.45) is 0. The Bertz CT molecular complexity index is 398. The third-order valence-corrected chi connectivity index (χ3v) is 2.93. The van der Waals surface area contributed by atoms with Crippen molar-refractivity contribution in [3.05, 3.63) is 27.3 Å². The predicted molar refractivity (Wildman–Crippen MR) is 52.3 cm³/mol. The van der Waals surface area contributed by atoms with Crippen molar-refractivity contribution in [2.24, 2.45) is 0 Å². The molecule has 0 saturated carbocycles. The van der Waals surface area contributed by atoms with E-state index in [1.807, 2.05) is 17.5 Å². The van der Waals surface area contributed by atoms with Crippen LogP contribution in [-0.2, 0) is 0 Å². The Kier molecular flexibility index (Phi) is 1.87. The zero-order chi connectivity index (χ0) is 7.84. The van der Waals surface area contributed by atoms with Gasteiger partial charge in [-0.1, -0.05) is 11.6 Å². The van der Waals surface area contributed by atoms with E-state index in [0.717, 1.165) is 14.7 Å². The first-order valence-electron chi connectivity index (χ1n) is 2.96. The van der Waals surface area contributed by atoms with Crippen LogP contribution in [0.5, 0.6) is 0 Å². The minimum atomic E-state index is 0.565. The number of nitrogens with zero attached hydrogens (tertiary/aromatic N) is 1. The molecule has 0 bridgehead atoms. The van der Waals surface area contributed by atoms with E-state index in [1.165, 1.54) is 0 Å². The van der Waals surface area contributed by atoms with Crippen LogP contribution in [0.4, 0.5) is 0 Å². The second-order valence-electron chi connectivity index (χ2n) is 2.07. The standard InChI is InChI=1S/C7H3BrClNS/c8-6-3-5-4(1-2-11-5)7(9)10-6/h1-3H. The Hall–Kier alpha value is -0.120. The maximum absolute atomic E-state index is 5.87. The molecule has 0 N–H and O–H groups in total. The molecule has 2 heterocycles. The van der Waals surface area contributed by atoms with Crippen LogP contribution < -0.4 is 0 Å². The molecule has 0 aromatic carbocycles. The van der Waals surface area contributed by atoms with Crippen LogP contribution in [0.15, 0.2) is 22.1 Å². The molecule has 0 aliphatic carbocycles. The SMILES string of the molecule is Clc1nc(Br)cc2sccc12. The van der Waals surface area contributed by atoms with Gasteiger partial charge in [0.2, 0.25) is 0 Å². The fraction of sp³-hybridized carbons (Fsp3) is 0. The molecule has 1 nitrogen and oxygen atoms in total. The summed E-state index contributed by atoms with van der Waals surface area (Å²) in [6, 6.07) is 3.94. The Morgan fingerprint density at radius 2 is 2.36 bits per heavy atom. The van der Waals surface area contributed by atoms with Gasteiger partial charge in [-0.25, -0.2) is 4.98 Å². The van der Waals surface area contributed by atoms with Crippen LogP contribution in [0.1, 0.15) is 0 Å². The highest BCUT2D eigenvalue weighted by Crippen LogP contribution is 2.28. The Morgan fingerprint density at radius 3 is 3.18 bits per heavy atom. The van der Waals surface area contributed by atoms with Gasteiger partial charge in [0.05, 0.1) is 0 Å². The highest BCUT2D eigenvalue weighted by molar-refractivity contribution is 9.10. The first-order valence-corrected chi connectivity index (χ1v) is 5.01. The van der Waals surface area contributed by atoms with E-state index in [9.17, 15) is 0 Å². The molecule has 0 aliphatic rings. The van der Waals surface area contributed by atoms with E-state index in [4.69, 9.17) is 11.6 Å². The fourth-order valence-corrected chi connectivity index (χ4v) is 2.69. The molecule has 0 aliphatic heterocycles. The molecular weight excluding hydrogens is 246 g/mol. The summed E-state index contributed by atoms with van der Waals surface area (Å²) in [5.41, 5.74) is 0. The van der Waals surface area contributed by atoms with Crippen molar-refractivity contribution in [3.8, 4) is 0 Å². The van der Waals surface area contributed by atoms with Crippen molar-refractivity contribution in [3.63, 3.8) is 0 Å². The molecule has 0 atom stereocenters. The third-order valence-electron chi connectivity index (χ3n) is 1.37. The molecular formula is C7H3BrClNS. The van der Waals surface area contributed by atoms with Crippen LogP contribution in [0.3, 0.4) is 0 Å². The first-order chi connectivity index (χ1) is 5.27. The van der Waals surface area contributed by atoms with Crippen molar-refractivity contribution < 1.29 is 0 Å². The van der Waals surface area contributed by atoms with Gasteiger partial charge in [0.25, 0.3) is 0 Å². The monoisotopic (exact) mass is 247 g/mol. The fourth-order valence-electron chi connectivity index (χ4n) is 0.898. The number of thiophene rings is 1. The predicted octanol–water partition coefficient (Wildman–Crippen LogP) is 3.71. The van der Waals surface area contributed by atoms with Crippen molar-refractivity contribution in [2.45, 2.75) is 0 Å². The Morgan fingerprint density at radius 1 is 1.55 bits per heavy atom. The number of hydrogen-bond donors (Lipinski definition) is 0. The van der Waals surface area contributed by atoms with Crippen molar-refractivity contribution in [1.29, 1.82) is 0 Å². The highest BCUT2D eigenvalue weighted by atomic mass is 79.9. The Balaban J connectivity index is 2.91. The number of pyridine rings is 1. The van der Waals surface area contributed by atoms with Gasteiger partial charge >= 0.3 is 0 Å². The van der Waals surface area contributed by atoms with Crippen LogP contribution in [0, 0.1) is 0 Å². The minimum absolute atomic E-state index is 0.565. The third kappa shape index (κ3) is 1.28. The van der Waals surface area contributed by atoms with Crippen molar-refractivity contribution in [1.82, 2.24) is 4.98 Å². The Labute approximate surface area is 81.1 Å². The molecule has 11 heavy (non-hydrogen) atoms. The highest BCUT2D eigenvalue weighted by Gasteiger charge is 2.02. The average molecular weight is 249 g/mol. The van der Waals surface area contributed by atoms with Gasteiger partial charge in [-0.15, -0.1) is 11.3 Å². The lowest BCUT2D eigenvalue weighted by Gasteiger charge is -1.93. The minimum Gasteiger partial charge on any atom is -0.228 e. The van der Waals surface area contributed by atoms with Crippen LogP contribution in [-0.4, -0.2) is 4.98 Å².